The summed E-state index contributed by atoms with van der Waals surface area (Å²) in [7, 11) is 10.4. The molecule has 4 N–H and O–H groups in total. The topological polar surface area (TPSA) is 110 Å². The molecule has 0 spiro atoms. The SMILES string of the molecule is C=C(N)C1=C(O)[C@H](N(C)C)[C@@H]2C[C@@H]3Cc4c(CN(CC(OC)OC)CC(OC)OC)ccc(C)c4C(=C)C3=C(C)[C@]2(O)C1=C. The zero-order valence-electron chi connectivity index (χ0n) is 27.7. The molecule has 0 aliphatic heterocycles. The Bertz CT molecular complexity index is 1360. The highest BCUT2D eigenvalue weighted by molar-refractivity contribution is 5.86. The molecule has 1 aromatic rings. The molecule has 0 bridgehead atoms. The van der Waals surface area contributed by atoms with E-state index in [1.54, 1.807) is 28.4 Å². The van der Waals surface area contributed by atoms with Crippen molar-refractivity contribution < 1.29 is 29.2 Å². The minimum Gasteiger partial charge on any atom is -0.510 e. The Hall–Kier alpha value is -2.76. The molecule has 0 heterocycles. The van der Waals surface area contributed by atoms with E-state index in [2.05, 4.69) is 43.7 Å². The molecule has 4 atom stereocenters. The summed E-state index contributed by atoms with van der Waals surface area (Å²) in [5, 5.41) is 24.0. The number of allylic oxidation sites excluding steroid dienone is 3. The maximum absolute atomic E-state index is 12.6. The lowest BCUT2D eigenvalue weighted by molar-refractivity contribution is -0.145. The van der Waals surface area contributed by atoms with Crippen LogP contribution in [-0.4, -0.2) is 99.9 Å². The molecule has 0 aromatic heterocycles. The van der Waals surface area contributed by atoms with Crippen molar-refractivity contribution >= 4 is 5.57 Å². The van der Waals surface area contributed by atoms with E-state index in [-0.39, 0.29) is 23.3 Å². The van der Waals surface area contributed by atoms with Crippen LogP contribution in [0, 0.1) is 18.8 Å². The van der Waals surface area contributed by atoms with Gasteiger partial charge in [0, 0.05) is 52.2 Å². The molecule has 0 radical (unpaired) electrons. The van der Waals surface area contributed by atoms with Gasteiger partial charge in [-0.3, -0.25) is 9.80 Å². The molecule has 0 saturated carbocycles. The lowest BCUT2D eigenvalue weighted by atomic mass is 9.55. The first-order chi connectivity index (χ1) is 20.8. The van der Waals surface area contributed by atoms with Crippen LogP contribution in [-0.2, 0) is 31.9 Å². The van der Waals surface area contributed by atoms with Crippen LogP contribution in [0.5, 0.6) is 0 Å². The number of aryl methyl sites for hydroxylation is 1. The summed E-state index contributed by atoms with van der Waals surface area (Å²) in [6, 6.07) is 3.87. The first-order valence-electron chi connectivity index (χ1n) is 15.1. The lowest BCUT2D eigenvalue weighted by Gasteiger charge is -2.54. The van der Waals surface area contributed by atoms with Crippen molar-refractivity contribution in [2.45, 2.75) is 57.5 Å². The van der Waals surface area contributed by atoms with Crippen LogP contribution in [0.3, 0.4) is 0 Å². The molecule has 9 nitrogen and oxygen atoms in total. The predicted molar refractivity (Wildman–Crippen MR) is 174 cm³/mol. The van der Waals surface area contributed by atoms with Crippen molar-refractivity contribution in [3.63, 3.8) is 0 Å². The molecular formula is C35H51N3O6. The number of nitrogens with two attached hydrogens (primary N) is 1. The fraction of sp³-hybridized carbons (Fsp3) is 0.543. The molecule has 3 aliphatic rings. The first-order valence-corrected chi connectivity index (χ1v) is 15.1. The van der Waals surface area contributed by atoms with E-state index in [0.29, 0.717) is 37.2 Å². The molecule has 0 unspecified atom stereocenters. The van der Waals surface area contributed by atoms with E-state index in [4.69, 9.17) is 24.7 Å². The van der Waals surface area contributed by atoms with E-state index in [9.17, 15) is 10.2 Å². The van der Waals surface area contributed by atoms with Crippen LogP contribution in [0.25, 0.3) is 5.57 Å². The Balaban J connectivity index is 1.82. The number of hydrogen-bond acceptors (Lipinski definition) is 9. The van der Waals surface area contributed by atoms with Gasteiger partial charge in [-0.2, -0.15) is 0 Å². The summed E-state index contributed by atoms with van der Waals surface area (Å²) in [4.78, 5) is 4.16. The molecule has 242 valence electrons. The molecule has 0 amide bonds. The Labute approximate surface area is 262 Å². The third-order valence-corrected chi connectivity index (χ3v) is 9.97. The summed E-state index contributed by atoms with van der Waals surface area (Å²) in [5.74, 6) is -0.136. The number of aliphatic hydroxyl groups is 2. The van der Waals surface area contributed by atoms with Crippen molar-refractivity contribution in [3.05, 3.63) is 87.9 Å². The maximum atomic E-state index is 12.6. The highest BCUT2D eigenvalue weighted by Crippen LogP contribution is 2.57. The Morgan fingerprint density at radius 1 is 1.05 bits per heavy atom. The van der Waals surface area contributed by atoms with Gasteiger partial charge in [-0.05, 0) is 91.2 Å². The van der Waals surface area contributed by atoms with Crippen LogP contribution in [0.2, 0.25) is 0 Å². The van der Waals surface area contributed by atoms with Crippen molar-refractivity contribution in [1.29, 1.82) is 0 Å². The third kappa shape index (κ3) is 5.71. The van der Waals surface area contributed by atoms with Gasteiger partial charge in [0.2, 0.25) is 0 Å². The highest BCUT2D eigenvalue weighted by atomic mass is 16.7. The molecule has 9 heteroatoms. The Morgan fingerprint density at radius 3 is 2.11 bits per heavy atom. The third-order valence-electron chi connectivity index (χ3n) is 9.97. The van der Waals surface area contributed by atoms with E-state index < -0.39 is 24.2 Å². The van der Waals surface area contributed by atoms with Crippen LogP contribution < -0.4 is 5.73 Å². The average Bonchev–Trinajstić information content (AvgIpc) is 2.97. The fourth-order valence-electron chi connectivity index (χ4n) is 7.84. The minimum absolute atomic E-state index is 0.0938. The van der Waals surface area contributed by atoms with Gasteiger partial charge in [-0.25, -0.2) is 0 Å². The molecule has 0 saturated heterocycles. The second-order valence-corrected chi connectivity index (χ2v) is 12.6. The summed E-state index contributed by atoms with van der Waals surface area (Å²) in [6.45, 7) is 18.6. The summed E-state index contributed by atoms with van der Waals surface area (Å²) >= 11 is 0. The standard InChI is InChI=1S/C35H51N3O6/c1-19-12-13-24(16-38(17-28(41-8)42-9)18-29(43-10)44-11)26-14-25-15-27-33(37(6)7)34(39)32(23(5)36)22(4)35(27,40)21(3)31(25)20(2)30(19)26/h12-13,25,27-29,33,39-40H,2,4-5,14-18,36H2,1,3,6-11H3/t25-,27-,33+,35-/m0/s1. The number of ether oxygens (including phenoxy) is 4. The lowest BCUT2D eigenvalue weighted by Crippen LogP contribution is -2.58. The number of likely N-dealkylation sites (N-methyl/N-ethyl adjacent to an activating group) is 1. The Morgan fingerprint density at radius 2 is 1.61 bits per heavy atom. The predicted octanol–water partition coefficient (Wildman–Crippen LogP) is 4.07. The smallest absolute Gasteiger partial charge is 0.169 e. The van der Waals surface area contributed by atoms with E-state index in [1.165, 1.54) is 11.1 Å². The van der Waals surface area contributed by atoms with Crippen molar-refractivity contribution in [1.82, 2.24) is 9.80 Å². The van der Waals surface area contributed by atoms with E-state index >= 15 is 0 Å². The molecule has 0 fully saturated rings. The Kier molecular flexibility index (Phi) is 10.3. The second-order valence-electron chi connectivity index (χ2n) is 12.6. The van der Waals surface area contributed by atoms with Crippen molar-refractivity contribution in [3.8, 4) is 0 Å². The van der Waals surface area contributed by atoms with Gasteiger partial charge in [-0.1, -0.05) is 31.9 Å². The van der Waals surface area contributed by atoms with Crippen LogP contribution in [0.15, 0.2) is 65.6 Å². The van der Waals surface area contributed by atoms with Gasteiger partial charge in [-0.15, -0.1) is 0 Å². The van der Waals surface area contributed by atoms with E-state index in [1.807, 2.05) is 25.9 Å². The van der Waals surface area contributed by atoms with E-state index in [0.717, 1.165) is 34.3 Å². The summed E-state index contributed by atoms with van der Waals surface area (Å²) < 4.78 is 22.2. The molecule has 3 aliphatic carbocycles. The largest absolute Gasteiger partial charge is 0.510 e. The minimum atomic E-state index is -1.40. The van der Waals surface area contributed by atoms with Crippen LogP contribution >= 0.6 is 0 Å². The second kappa shape index (κ2) is 13.3. The highest BCUT2D eigenvalue weighted by Gasteiger charge is 2.57. The molecular weight excluding hydrogens is 558 g/mol. The number of methoxy groups -OCH3 is 4. The van der Waals surface area contributed by atoms with Crippen molar-refractivity contribution in [2.75, 3.05) is 55.6 Å². The van der Waals surface area contributed by atoms with Crippen molar-refractivity contribution in [2.24, 2.45) is 17.6 Å². The zero-order valence-corrected chi connectivity index (χ0v) is 27.7. The summed E-state index contributed by atoms with van der Waals surface area (Å²) in [6.07, 6.45) is 0.597. The van der Waals surface area contributed by atoms with Gasteiger partial charge >= 0.3 is 0 Å². The maximum Gasteiger partial charge on any atom is 0.169 e. The monoisotopic (exact) mass is 609 g/mol. The molecule has 44 heavy (non-hydrogen) atoms. The summed E-state index contributed by atoms with van der Waals surface area (Å²) in [5.41, 5.74) is 13.2. The fourth-order valence-corrected chi connectivity index (χ4v) is 7.84. The number of hydrogen-bond donors (Lipinski definition) is 3. The quantitative estimate of drug-likeness (QED) is 0.302. The number of nitrogens with zero attached hydrogens (tertiary/aromatic N) is 2. The molecule has 4 rings (SSSR count). The number of benzene rings is 1. The zero-order chi connectivity index (χ0) is 32.7. The number of aliphatic hydroxyl groups excluding tert-OH is 1. The van der Waals surface area contributed by atoms with Crippen LogP contribution in [0.4, 0.5) is 0 Å². The van der Waals surface area contributed by atoms with Gasteiger partial charge < -0.3 is 34.9 Å². The van der Waals surface area contributed by atoms with Gasteiger partial charge in [0.25, 0.3) is 0 Å². The van der Waals surface area contributed by atoms with Gasteiger partial charge in [0.1, 0.15) is 11.4 Å². The number of fused-ring (bicyclic) bond motifs is 3. The normalized spacial score (nSPS) is 25.3. The van der Waals surface area contributed by atoms with Gasteiger partial charge in [0.15, 0.2) is 12.6 Å². The average molecular weight is 610 g/mol. The molecule has 1 aromatic carbocycles. The first kappa shape index (κ1) is 34.1. The number of rotatable bonds is 12. The van der Waals surface area contributed by atoms with Gasteiger partial charge in [0.05, 0.1) is 19.1 Å². The van der Waals surface area contributed by atoms with Crippen LogP contribution in [0.1, 0.15) is 35.6 Å².